The van der Waals surface area contributed by atoms with Gasteiger partial charge in [0.25, 0.3) is 0 Å². The molecule has 1 aromatic carbocycles. The predicted octanol–water partition coefficient (Wildman–Crippen LogP) is 2.99. The van der Waals surface area contributed by atoms with Crippen LogP contribution < -0.4 is 4.90 Å². The molecule has 0 radical (unpaired) electrons. The second kappa shape index (κ2) is 7.88. The maximum Gasteiger partial charge on any atom is 0.190 e. The second-order valence-corrected chi connectivity index (χ2v) is 9.03. The molecule has 4 rings (SSSR count). The van der Waals surface area contributed by atoms with Gasteiger partial charge in [-0.15, -0.1) is 11.3 Å². The third-order valence-corrected chi connectivity index (χ3v) is 7.54. The summed E-state index contributed by atoms with van der Waals surface area (Å²) in [6, 6.07) is 18.9. The van der Waals surface area contributed by atoms with E-state index in [9.17, 15) is 15.8 Å². The molecular weight excluding hydrogens is 390 g/mol. The van der Waals surface area contributed by atoms with Crippen LogP contribution in [0.2, 0.25) is 0 Å². The van der Waals surface area contributed by atoms with E-state index in [0.717, 1.165) is 35.6 Å². The van der Waals surface area contributed by atoms with E-state index in [0.29, 0.717) is 0 Å². The Hall–Kier alpha value is -3.24. The first-order valence-electron chi connectivity index (χ1n) is 9.98. The van der Waals surface area contributed by atoms with Crippen molar-refractivity contribution in [3.63, 3.8) is 0 Å². The van der Waals surface area contributed by atoms with Gasteiger partial charge in [0.1, 0.15) is 12.5 Å². The molecule has 2 heterocycles. The molecule has 0 saturated heterocycles. The van der Waals surface area contributed by atoms with E-state index in [1.165, 1.54) is 10.5 Å². The van der Waals surface area contributed by atoms with Gasteiger partial charge in [0.2, 0.25) is 0 Å². The van der Waals surface area contributed by atoms with Crippen molar-refractivity contribution in [1.29, 1.82) is 21.2 Å². The molecule has 1 aliphatic heterocycles. The van der Waals surface area contributed by atoms with Gasteiger partial charge in [-0.25, -0.2) is 0 Å². The van der Waals surface area contributed by atoms with Gasteiger partial charge in [0, 0.05) is 22.3 Å². The summed E-state index contributed by atoms with van der Waals surface area (Å²) in [5.41, 5.74) is 1.51. The first-order valence-corrected chi connectivity index (χ1v) is 10.9. The molecule has 1 fully saturated rings. The zero-order chi connectivity index (χ0) is 21.3. The van der Waals surface area contributed by atoms with Crippen molar-refractivity contribution in [2.24, 2.45) is 17.3 Å². The number of benzene rings is 1. The summed E-state index contributed by atoms with van der Waals surface area (Å²) in [5, 5.41) is 40.8. The molecule has 5 nitrogen and oxygen atoms in total. The zero-order valence-electron chi connectivity index (χ0n) is 16.7. The third kappa shape index (κ3) is 3.04. The highest BCUT2D eigenvalue weighted by molar-refractivity contribution is 7.10. The van der Waals surface area contributed by atoms with Crippen LogP contribution in [0.4, 0.5) is 0 Å². The van der Waals surface area contributed by atoms with Crippen molar-refractivity contribution >= 4 is 17.0 Å². The summed E-state index contributed by atoms with van der Waals surface area (Å²) in [7, 11) is 0. The minimum atomic E-state index is -1.62. The molecule has 2 aliphatic rings. The summed E-state index contributed by atoms with van der Waals surface area (Å²) in [5.74, 6) is -1.35. The fraction of sp³-hybridized carbons (Fsp3) is 0.333. The molecule has 2 aromatic rings. The maximum atomic E-state index is 10.1. The molecule has 0 spiro atoms. The Bertz CT molecular complexity index is 1110. The van der Waals surface area contributed by atoms with E-state index in [4.69, 9.17) is 5.41 Å². The number of nitrogens with zero attached hydrogens (tertiary/aromatic N) is 3. The average Bonchev–Trinajstić information content (AvgIpc) is 3.19. The standard InChI is InChI=1S/C24H21N5S/c1-16-8-10-30-22(16)21-20-13-29(12-17-5-3-2-4-6-17)9-7-18(20)19(11-25)23(28)24(21,14-26)15-27/h2-8,10,19-21,28H,9,12-13H2,1H3/p+1/t19-,20+,21+/m1/s1. The van der Waals surface area contributed by atoms with Gasteiger partial charge in [0.05, 0.1) is 37.0 Å². The lowest BCUT2D eigenvalue weighted by atomic mass is 9.55. The number of rotatable bonds is 3. The first kappa shape index (κ1) is 20.0. The molecule has 1 unspecified atom stereocenters. The minimum Gasteiger partial charge on any atom is -0.327 e. The minimum absolute atomic E-state index is 0.0678. The van der Waals surface area contributed by atoms with Gasteiger partial charge in [-0.05, 0) is 35.6 Å². The van der Waals surface area contributed by atoms with E-state index in [-0.39, 0.29) is 11.6 Å². The number of thiophene rings is 1. The van der Waals surface area contributed by atoms with Gasteiger partial charge >= 0.3 is 0 Å². The molecular formula is C24H22N5S+. The predicted molar refractivity (Wildman–Crippen MR) is 115 cm³/mol. The Morgan fingerprint density at radius 3 is 2.50 bits per heavy atom. The molecule has 4 atom stereocenters. The van der Waals surface area contributed by atoms with Gasteiger partial charge in [-0.2, -0.15) is 15.8 Å². The smallest absolute Gasteiger partial charge is 0.190 e. The highest BCUT2D eigenvalue weighted by atomic mass is 32.1. The molecule has 1 saturated carbocycles. The van der Waals surface area contributed by atoms with E-state index in [2.05, 4.69) is 36.4 Å². The number of quaternary nitrogens is 1. The number of fused-ring (bicyclic) bond motifs is 1. The molecule has 0 amide bonds. The quantitative estimate of drug-likeness (QED) is 0.758. The van der Waals surface area contributed by atoms with Crippen LogP contribution in [0.1, 0.15) is 21.9 Å². The van der Waals surface area contributed by atoms with E-state index in [1.54, 1.807) is 11.3 Å². The first-order chi connectivity index (χ1) is 14.6. The van der Waals surface area contributed by atoms with Crippen molar-refractivity contribution in [1.82, 2.24) is 0 Å². The van der Waals surface area contributed by atoms with Gasteiger partial charge < -0.3 is 10.3 Å². The van der Waals surface area contributed by atoms with Crippen molar-refractivity contribution < 1.29 is 4.90 Å². The van der Waals surface area contributed by atoms with Crippen LogP contribution in [0.3, 0.4) is 0 Å². The molecule has 6 heteroatoms. The third-order valence-electron chi connectivity index (χ3n) is 6.44. The summed E-state index contributed by atoms with van der Waals surface area (Å²) < 4.78 is 0. The lowest BCUT2D eigenvalue weighted by molar-refractivity contribution is -0.913. The SMILES string of the molecule is Cc1ccsc1[C@@H]1[C@H]2C[NH+](Cc3ccccc3)CC=C2[C@@H](C#N)C(=N)C1(C#N)C#N. The maximum absolute atomic E-state index is 10.1. The zero-order valence-corrected chi connectivity index (χ0v) is 17.5. The summed E-state index contributed by atoms with van der Waals surface area (Å²) >= 11 is 1.54. The van der Waals surface area contributed by atoms with Gasteiger partial charge in [0.15, 0.2) is 5.41 Å². The lowest BCUT2D eigenvalue weighted by Gasteiger charge is -2.46. The van der Waals surface area contributed by atoms with Gasteiger partial charge in [-0.1, -0.05) is 30.3 Å². The van der Waals surface area contributed by atoms with Crippen LogP contribution in [0.15, 0.2) is 53.4 Å². The van der Waals surface area contributed by atoms with Crippen LogP contribution in [-0.2, 0) is 6.54 Å². The van der Waals surface area contributed by atoms with Crippen LogP contribution >= 0.6 is 11.3 Å². The molecule has 0 bridgehead atoms. The van der Waals surface area contributed by atoms with Crippen LogP contribution in [0.25, 0.3) is 0 Å². The molecule has 1 aromatic heterocycles. The van der Waals surface area contributed by atoms with Crippen molar-refractivity contribution in [2.45, 2.75) is 19.4 Å². The Morgan fingerprint density at radius 2 is 1.90 bits per heavy atom. The van der Waals surface area contributed by atoms with Crippen molar-refractivity contribution in [2.75, 3.05) is 13.1 Å². The van der Waals surface area contributed by atoms with E-state index < -0.39 is 17.3 Å². The Morgan fingerprint density at radius 1 is 1.17 bits per heavy atom. The number of nitrogens with one attached hydrogen (secondary N) is 2. The second-order valence-electron chi connectivity index (χ2n) is 8.08. The number of aryl methyl sites for hydroxylation is 1. The monoisotopic (exact) mass is 412 g/mol. The molecule has 30 heavy (non-hydrogen) atoms. The fourth-order valence-corrected chi connectivity index (χ4v) is 6.13. The summed E-state index contributed by atoms with van der Waals surface area (Å²) in [6.45, 7) is 4.35. The van der Waals surface area contributed by atoms with Crippen molar-refractivity contribution in [3.05, 3.63) is 69.4 Å². The summed E-state index contributed by atoms with van der Waals surface area (Å²) in [6.07, 6.45) is 2.09. The number of hydrogen-bond donors (Lipinski definition) is 2. The number of hydrogen-bond acceptors (Lipinski definition) is 5. The van der Waals surface area contributed by atoms with E-state index in [1.807, 2.05) is 36.6 Å². The normalized spacial score (nSPS) is 27.1. The van der Waals surface area contributed by atoms with Crippen LogP contribution in [0, 0.1) is 63.6 Å². The topological polar surface area (TPSA) is 99.7 Å². The Kier molecular flexibility index (Phi) is 5.27. The fourth-order valence-electron chi connectivity index (χ4n) is 4.97. The van der Waals surface area contributed by atoms with E-state index >= 15 is 0 Å². The Labute approximate surface area is 180 Å². The number of nitriles is 3. The van der Waals surface area contributed by atoms with Gasteiger partial charge in [-0.3, -0.25) is 0 Å². The molecule has 1 aliphatic carbocycles. The molecule has 148 valence electrons. The lowest BCUT2D eigenvalue weighted by Crippen LogP contribution is -3.12. The average molecular weight is 413 g/mol. The highest BCUT2D eigenvalue weighted by Crippen LogP contribution is 2.54. The largest absolute Gasteiger partial charge is 0.327 e. The van der Waals surface area contributed by atoms with Crippen LogP contribution in [-0.4, -0.2) is 18.8 Å². The highest BCUT2D eigenvalue weighted by Gasteiger charge is 2.59. The van der Waals surface area contributed by atoms with Crippen LogP contribution in [0.5, 0.6) is 0 Å². The Balaban J connectivity index is 1.81. The van der Waals surface area contributed by atoms with Crippen molar-refractivity contribution in [3.8, 4) is 18.2 Å². The molecule has 2 N–H and O–H groups in total. The summed E-state index contributed by atoms with van der Waals surface area (Å²) in [4.78, 5) is 2.32.